The highest BCUT2D eigenvalue weighted by atomic mass is 32.2. The minimum Gasteiger partial charge on any atom is -0.466 e. The molecule has 0 aliphatic rings. The lowest BCUT2D eigenvalue weighted by Gasteiger charge is -2.07. The van der Waals surface area contributed by atoms with Gasteiger partial charge in [-0.05, 0) is 35.9 Å². The van der Waals surface area contributed by atoms with Crippen molar-refractivity contribution in [3.63, 3.8) is 0 Å². The van der Waals surface area contributed by atoms with Gasteiger partial charge in [-0.2, -0.15) is 0 Å². The lowest BCUT2D eigenvalue weighted by molar-refractivity contribution is -0.134. The minimum absolute atomic E-state index is 0.103. The van der Waals surface area contributed by atoms with E-state index in [2.05, 4.69) is 4.74 Å². The first-order valence-corrected chi connectivity index (χ1v) is 7.89. The Hall–Kier alpha value is -2.34. The Balaban J connectivity index is 2.38. The molecule has 4 nitrogen and oxygen atoms in total. The maximum Gasteiger partial charge on any atom is 0.330 e. The standard InChI is InChI=1S/C16H13BO4S/c1-21-16(18)10-8-12-7-9-14(11-15(12)17)22(19,20)13-5-3-2-4-6-13/h2-11H,1H3/b10-8+. The molecule has 0 heterocycles. The first kappa shape index (κ1) is 16.0. The van der Waals surface area contributed by atoms with Crippen molar-refractivity contribution >= 4 is 35.2 Å². The number of carbonyl (C=O) groups is 1. The maximum atomic E-state index is 12.5. The number of methoxy groups -OCH3 is 1. The molecule has 0 aromatic heterocycles. The molecule has 0 N–H and O–H groups in total. The number of carbonyl (C=O) groups excluding carboxylic acids is 1. The molecule has 2 aromatic rings. The Morgan fingerprint density at radius 1 is 1.09 bits per heavy atom. The van der Waals surface area contributed by atoms with Crippen LogP contribution in [0.4, 0.5) is 0 Å². The van der Waals surface area contributed by atoms with Crippen molar-refractivity contribution in [2.75, 3.05) is 7.11 Å². The van der Waals surface area contributed by atoms with Crippen LogP contribution in [0.3, 0.4) is 0 Å². The Morgan fingerprint density at radius 2 is 1.77 bits per heavy atom. The smallest absolute Gasteiger partial charge is 0.330 e. The number of rotatable bonds is 4. The van der Waals surface area contributed by atoms with E-state index in [4.69, 9.17) is 7.85 Å². The van der Waals surface area contributed by atoms with Gasteiger partial charge >= 0.3 is 5.97 Å². The van der Waals surface area contributed by atoms with Gasteiger partial charge < -0.3 is 4.74 Å². The van der Waals surface area contributed by atoms with Crippen LogP contribution in [0.5, 0.6) is 0 Å². The fraction of sp³-hybridized carbons (Fsp3) is 0.0625. The summed E-state index contributed by atoms with van der Waals surface area (Å²) in [6.45, 7) is 0. The second kappa shape index (κ2) is 6.62. The first-order chi connectivity index (χ1) is 10.4. The molecular formula is C16H13BO4S. The van der Waals surface area contributed by atoms with E-state index in [9.17, 15) is 13.2 Å². The molecule has 0 aliphatic heterocycles. The molecule has 0 spiro atoms. The molecule has 0 saturated carbocycles. The van der Waals surface area contributed by atoms with E-state index in [1.165, 1.54) is 43.5 Å². The number of benzene rings is 2. The first-order valence-electron chi connectivity index (χ1n) is 6.41. The Kier molecular flexibility index (Phi) is 4.83. The SMILES string of the molecule is [B]c1cc(S(=O)(=O)c2ccccc2)ccc1/C=C/C(=O)OC. The number of hydrogen-bond donors (Lipinski definition) is 0. The van der Waals surface area contributed by atoms with Crippen LogP contribution in [0, 0.1) is 0 Å². The predicted molar refractivity (Wildman–Crippen MR) is 84.8 cm³/mol. The lowest BCUT2D eigenvalue weighted by atomic mass is 9.90. The molecule has 6 heteroatoms. The van der Waals surface area contributed by atoms with E-state index in [1.807, 2.05) is 0 Å². The van der Waals surface area contributed by atoms with E-state index >= 15 is 0 Å². The van der Waals surface area contributed by atoms with Gasteiger partial charge in [0.05, 0.1) is 16.9 Å². The molecule has 2 aromatic carbocycles. The van der Waals surface area contributed by atoms with Crippen LogP contribution in [-0.4, -0.2) is 29.3 Å². The van der Waals surface area contributed by atoms with Crippen molar-refractivity contribution in [1.82, 2.24) is 0 Å². The summed E-state index contributed by atoms with van der Waals surface area (Å²) in [7, 11) is 3.52. The number of esters is 1. The summed E-state index contributed by atoms with van der Waals surface area (Å²) in [5.41, 5.74) is 0.801. The quantitative estimate of drug-likeness (QED) is 0.488. The summed E-state index contributed by atoms with van der Waals surface area (Å²) in [6, 6.07) is 12.5. The molecule has 0 atom stereocenters. The van der Waals surface area contributed by atoms with Crippen LogP contribution in [0.25, 0.3) is 6.08 Å². The monoisotopic (exact) mass is 312 g/mol. The zero-order valence-corrected chi connectivity index (χ0v) is 12.7. The highest BCUT2D eigenvalue weighted by molar-refractivity contribution is 7.91. The summed E-state index contributed by atoms with van der Waals surface area (Å²) in [4.78, 5) is 11.4. The second-order valence-electron chi connectivity index (χ2n) is 4.46. The number of sulfone groups is 1. The average molecular weight is 312 g/mol. The maximum absolute atomic E-state index is 12.5. The number of hydrogen-bond acceptors (Lipinski definition) is 4. The third kappa shape index (κ3) is 3.46. The minimum atomic E-state index is -3.61. The summed E-state index contributed by atoms with van der Waals surface area (Å²) < 4.78 is 29.4. The fourth-order valence-corrected chi connectivity index (χ4v) is 3.15. The zero-order valence-electron chi connectivity index (χ0n) is 11.9. The van der Waals surface area contributed by atoms with E-state index in [0.717, 1.165) is 0 Å². The van der Waals surface area contributed by atoms with Crippen molar-refractivity contribution in [2.24, 2.45) is 0 Å². The van der Waals surface area contributed by atoms with Gasteiger partial charge in [-0.15, -0.1) is 0 Å². The van der Waals surface area contributed by atoms with Crippen molar-refractivity contribution in [1.29, 1.82) is 0 Å². The van der Waals surface area contributed by atoms with Gasteiger partial charge in [0, 0.05) is 6.08 Å². The van der Waals surface area contributed by atoms with E-state index in [-0.39, 0.29) is 15.3 Å². The van der Waals surface area contributed by atoms with Gasteiger partial charge in [0.1, 0.15) is 7.85 Å². The molecule has 110 valence electrons. The molecule has 0 fully saturated rings. The Labute approximate surface area is 130 Å². The van der Waals surface area contributed by atoms with Crippen LogP contribution in [-0.2, 0) is 19.4 Å². The molecule has 0 unspecified atom stereocenters. The van der Waals surface area contributed by atoms with E-state index in [0.29, 0.717) is 5.56 Å². The van der Waals surface area contributed by atoms with Gasteiger partial charge in [0.15, 0.2) is 0 Å². The molecule has 0 amide bonds. The molecule has 22 heavy (non-hydrogen) atoms. The highest BCUT2D eigenvalue weighted by Crippen LogP contribution is 2.20. The van der Waals surface area contributed by atoms with Crippen molar-refractivity contribution in [3.05, 3.63) is 60.2 Å². The Morgan fingerprint density at radius 3 is 2.36 bits per heavy atom. The number of ether oxygens (including phenoxy) is 1. The topological polar surface area (TPSA) is 60.4 Å². The third-order valence-electron chi connectivity index (χ3n) is 3.02. The van der Waals surface area contributed by atoms with Crippen LogP contribution >= 0.6 is 0 Å². The molecule has 0 bridgehead atoms. The van der Waals surface area contributed by atoms with Crippen LogP contribution in [0.1, 0.15) is 5.56 Å². The average Bonchev–Trinajstić information content (AvgIpc) is 2.54. The van der Waals surface area contributed by atoms with Crippen molar-refractivity contribution in [2.45, 2.75) is 9.79 Å². The largest absolute Gasteiger partial charge is 0.466 e. The van der Waals surface area contributed by atoms with Crippen molar-refractivity contribution in [3.8, 4) is 0 Å². The summed E-state index contributed by atoms with van der Waals surface area (Å²) in [6.07, 6.45) is 2.69. The van der Waals surface area contributed by atoms with Gasteiger partial charge in [-0.1, -0.05) is 29.7 Å². The van der Waals surface area contributed by atoms with Gasteiger partial charge in [0.2, 0.25) is 9.84 Å². The molecular weight excluding hydrogens is 299 g/mol. The molecule has 0 aliphatic carbocycles. The van der Waals surface area contributed by atoms with Gasteiger partial charge in [-0.3, -0.25) is 0 Å². The van der Waals surface area contributed by atoms with Crippen LogP contribution < -0.4 is 5.46 Å². The molecule has 0 saturated heterocycles. The predicted octanol–water partition coefficient (Wildman–Crippen LogP) is 1.50. The summed E-state index contributed by atoms with van der Waals surface area (Å²) >= 11 is 0. The van der Waals surface area contributed by atoms with Crippen LogP contribution in [0.15, 0.2) is 64.4 Å². The molecule has 2 radical (unpaired) electrons. The normalized spacial score (nSPS) is 11.5. The summed E-state index contributed by atoms with van der Waals surface area (Å²) in [5, 5.41) is 0. The second-order valence-corrected chi connectivity index (χ2v) is 6.41. The third-order valence-corrected chi connectivity index (χ3v) is 4.79. The van der Waals surface area contributed by atoms with E-state index < -0.39 is 15.8 Å². The zero-order chi connectivity index (χ0) is 16.2. The Bertz CT molecular complexity index is 811. The molecule has 2 rings (SSSR count). The highest BCUT2D eigenvalue weighted by Gasteiger charge is 2.17. The van der Waals surface area contributed by atoms with E-state index in [1.54, 1.807) is 24.3 Å². The van der Waals surface area contributed by atoms with Crippen molar-refractivity contribution < 1.29 is 17.9 Å². The van der Waals surface area contributed by atoms with Gasteiger partial charge in [0.25, 0.3) is 0 Å². The van der Waals surface area contributed by atoms with Crippen LogP contribution in [0.2, 0.25) is 0 Å². The lowest BCUT2D eigenvalue weighted by Crippen LogP contribution is -2.11. The fourth-order valence-electron chi connectivity index (χ4n) is 1.83. The van der Waals surface area contributed by atoms with Gasteiger partial charge in [-0.25, -0.2) is 13.2 Å². The summed E-state index contributed by atoms with van der Waals surface area (Å²) in [5.74, 6) is -0.514.